The second-order valence-electron chi connectivity index (χ2n) is 4.59. The van der Waals surface area contributed by atoms with Gasteiger partial charge in [0.2, 0.25) is 5.91 Å². The molecule has 0 saturated carbocycles. The Morgan fingerprint density at radius 3 is 2.55 bits per heavy atom. The molecule has 0 aliphatic rings. The van der Waals surface area contributed by atoms with Crippen molar-refractivity contribution in [1.82, 2.24) is 0 Å². The van der Waals surface area contributed by atoms with E-state index in [1.165, 1.54) is 6.07 Å². The minimum Gasteiger partial charge on any atom is -0.325 e. The monoisotopic (exact) mass is 308 g/mol. The Hall–Kier alpha value is -1.27. The molecule has 0 aliphatic carbocycles. The SMILES string of the molecule is CCC(C)[C@H](N)C(=O)Nc1ccc(Cl)c(C(F)(F)F)c1. The molecule has 3 nitrogen and oxygen atoms in total. The zero-order valence-corrected chi connectivity index (χ0v) is 11.8. The largest absolute Gasteiger partial charge is 0.417 e. The summed E-state index contributed by atoms with van der Waals surface area (Å²) in [6.45, 7) is 3.68. The molecule has 0 bridgehead atoms. The zero-order valence-electron chi connectivity index (χ0n) is 11.1. The van der Waals surface area contributed by atoms with Gasteiger partial charge in [0.25, 0.3) is 0 Å². The summed E-state index contributed by atoms with van der Waals surface area (Å²) in [4.78, 5) is 11.8. The maximum atomic E-state index is 12.7. The van der Waals surface area contributed by atoms with Crippen LogP contribution in [0.15, 0.2) is 18.2 Å². The van der Waals surface area contributed by atoms with E-state index in [4.69, 9.17) is 17.3 Å². The van der Waals surface area contributed by atoms with Crippen LogP contribution in [0.25, 0.3) is 0 Å². The number of nitrogens with two attached hydrogens (primary N) is 1. The number of alkyl halides is 3. The molecule has 1 aromatic rings. The number of carbonyl (C=O) groups excluding carboxylic acids is 1. The Balaban J connectivity index is 2.92. The summed E-state index contributed by atoms with van der Waals surface area (Å²) in [5, 5.41) is 1.96. The Morgan fingerprint density at radius 1 is 1.45 bits per heavy atom. The van der Waals surface area contributed by atoms with Crippen LogP contribution in [-0.4, -0.2) is 11.9 Å². The number of nitrogens with one attached hydrogen (secondary N) is 1. The first-order valence-electron chi connectivity index (χ1n) is 6.10. The molecule has 0 heterocycles. The van der Waals surface area contributed by atoms with Crippen molar-refractivity contribution in [3.05, 3.63) is 28.8 Å². The lowest BCUT2D eigenvalue weighted by Crippen LogP contribution is -2.40. The minimum absolute atomic E-state index is 0.0190. The van der Waals surface area contributed by atoms with E-state index in [0.717, 1.165) is 12.1 Å². The fourth-order valence-corrected chi connectivity index (χ4v) is 1.78. The van der Waals surface area contributed by atoms with E-state index in [0.29, 0.717) is 6.42 Å². The highest BCUT2D eigenvalue weighted by atomic mass is 35.5. The lowest BCUT2D eigenvalue weighted by molar-refractivity contribution is -0.137. The van der Waals surface area contributed by atoms with Crippen LogP contribution in [0.2, 0.25) is 5.02 Å². The van der Waals surface area contributed by atoms with Crippen LogP contribution in [-0.2, 0) is 11.0 Å². The van der Waals surface area contributed by atoms with Gasteiger partial charge in [-0.3, -0.25) is 4.79 Å². The Bertz CT molecular complexity index is 491. The molecule has 112 valence electrons. The predicted molar refractivity (Wildman–Crippen MR) is 72.5 cm³/mol. The van der Waals surface area contributed by atoms with Crippen molar-refractivity contribution in [3.63, 3.8) is 0 Å². The molecule has 0 spiro atoms. The summed E-state index contributed by atoms with van der Waals surface area (Å²) < 4.78 is 38.1. The van der Waals surface area contributed by atoms with E-state index in [2.05, 4.69) is 5.32 Å². The van der Waals surface area contributed by atoms with Crippen molar-refractivity contribution >= 4 is 23.2 Å². The van der Waals surface area contributed by atoms with Gasteiger partial charge in [-0.2, -0.15) is 13.2 Å². The predicted octanol–water partition coefficient (Wildman–Crippen LogP) is 3.67. The first kappa shape index (κ1) is 16.8. The molecular weight excluding hydrogens is 293 g/mol. The molecular formula is C13H16ClF3N2O. The average molecular weight is 309 g/mol. The fraction of sp³-hybridized carbons (Fsp3) is 0.462. The van der Waals surface area contributed by atoms with Gasteiger partial charge in [-0.05, 0) is 24.1 Å². The summed E-state index contributed by atoms with van der Waals surface area (Å²) in [5.41, 5.74) is 4.74. The maximum absolute atomic E-state index is 12.7. The van der Waals surface area contributed by atoms with Gasteiger partial charge in [0.15, 0.2) is 0 Å². The fourth-order valence-electron chi connectivity index (χ4n) is 1.56. The van der Waals surface area contributed by atoms with Crippen LogP contribution in [0.5, 0.6) is 0 Å². The number of rotatable bonds is 4. The van der Waals surface area contributed by atoms with E-state index in [9.17, 15) is 18.0 Å². The Labute approximate surface area is 120 Å². The second kappa shape index (κ2) is 6.45. The van der Waals surface area contributed by atoms with Crippen molar-refractivity contribution in [2.24, 2.45) is 11.7 Å². The van der Waals surface area contributed by atoms with E-state index >= 15 is 0 Å². The Morgan fingerprint density at radius 2 is 2.05 bits per heavy atom. The van der Waals surface area contributed by atoms with Crippen molar-refractivity contribution in [3.8, 4) is 0 Å². The number of benzene rings is 1. The molecule has 1 amide bonds. The molecule has 0 aromatic heterocycles. The summed E-state index contributed by atoms with van der Waals surface area (Å²) in [5.74, 6) is -0.584. The van der Waals surface area contributed by atoms with Crippen molar-refractivity contribution in [2.75, 3.05) is 5.32 Å². The van der Waals surface area contributed by atoms with Gasteiger partial charge in [-0.25, -0.2) is 0 Å². The van der Waals surface area contributed by atoms with Crippen LogP contribution in [0.1, 0.15) is 25.8 Å². The zero-order chi connectivity index (χ0) is 15.5. The van der Waals surface area contributed by atoms with Gasteiger partial charge in [0, 0.05) is 5.69 Å². The van der Waals surface area contributed by atoms with Crippen LogP contribution < -0.4 is 11.1 Å². The van der Waals surface area contributed by atoms with Gasteiger partial charge >= 0.3 is 6.18 Å². The van der Waals surface area contributed by atoms with E-state index in [-0.39, 0.29) is 11.6 Å². The molecule has 1 aromatic carbocycles. The summed E-state index contributed by atoms with van der Waals surface area (Å²) in [6, 6.07) is 2.42. The highest BCUT2D eigenvalue weighted by Crippen LogP contribution is 2.36. The van der Waals surface area contributed by atoms with E-state index < -0.39 is 28.7 Å². The Kier molecular flexibility index (Phi) is 5.42. The van der Waals surface area contributed by atoms with Gasteiger partial charge < -0.3 is 11.1 Å². The summed E-state index contributed by atoms with van der Waals surface area (Å²) in [6.07, 6.45) is -3.88. The smallest absolute Gasteiger partial charge is 0.325 e. The third kappa shape index (κ3) is 4.11. The van der Waals surface area contributed by atoms with Gasteiger partial charge in [0.05, 0.1) is 16.6 Å². The van der Waals surface area contributed by atoms with Crippen LogP contribution in [0.4, 0.5) is 18.9 Å². The van der Waals surface area contributed by atoms with Gasteiger partial charge in [-0.1, -0.05) is 31.9 Å². The quantitative estimate of drug-likeness (QED) is 0.891. The molecule has 3 N–H and O–H groups in total. The van der Waals surface area contributed by atoms with E-state index in [1.807, 2.05) is 6.92 Å². The molecule has 1 unspecified atom stereocenters. The van der Waals surface area contributed by atoms with Crippen molar-refractivity contribution in [2.45, 2.75) is 32.5 Å². The van der Waals surface area contributed by atoms with Gasteiger partial charge in [-0.15, -0.1) is 0 Å². The van der Waals surface area contributed by atoms with E-state index in [1.54, 1.807) is 6.92 Å². The third-order valence-electron chi connectivity index (χ3n) is 3.10. The highest BCUT2D eigenvalue weighted by Gasteiger charge is 2.33. The number of anilines is 1. The number of hydrogen-bond acceptors (Lipinski definition) is 2. The molecule has 7 heteroatoms. The normalized spacial score (nSPS) is 14.8. The number of carbonyl (C=O) groups is 1. The molecule has 20 heavy (non-hydrogen) atoms. The summed E-state index contributed by atoms with van der Waals surface area (Å²) >= 11 is 5.50. The first-order chi connectivity index (χ1) is 9.16. The number of hydrogen-bond donors (Lipinski definition) is 2. The standard InChI is InChI=1S/C13H16ClF3N2O/c1-3-7(2)11(18)12(20)19-8-4-5-10(14)9(6-8)13(15,16)17/h4-7,11H,3,18H2,1-2H3,(H,19,20)/t7?,11-/m0/s1. The molecule has 0 radical (unpaired) electrons. The minimum atomic E-state index is -4.57. The lowest BCUT2D eigenvalue weighted by atomic mass is 9.99. The van der Waals surface area contributed by atoms with Crippen LogP contribution in [0, 0.1) is 5.92 Å². The van der Waals surface area contributed by atoms with Crippen LogP contribution >= 0.6 is 11.6 Å². The third-order valence-corrected chi connectivity index (χ3v) is 3.43. The molecule has 2 atom stereocenters. The topological polar surface area (TPSA) is 55.1 Å². The maximum Gasteiger partial charge on any atom is 0.417 e. The highest BCUT2D eigenvalue weighted by molar-refractivity contribution is 6.31. The molecule has 0 saturated heterocycles. The number of halogens is 4. The first-order valence-corrected chi connectivity index (χ1v) is 6.47. The lowest BCUT2D eigenvalue weighted by Gasteiger charge is -2.18. The molecule has 1 rings (SSSR count). The molecule has 0 aliphatic heterocycles. The van der Waals surface area contributed by atoms with Crippen LogP contribution in [0.3, 0.4) is 0 Å². The summed E-state index contributed by atoms with van der Waals surface area (Å²) in [7, 11) is 0. The average Bonchev–Trinajstić information content (AvgIpc) is 2.37. The molecule has 0 fully saturated rings. The number of amides is 1. The van der Waals surface area contributed by atoms with Crippen molar-refractivity contribution in [1.29, 1.82) is 0 Å². The van der Waals surface area contributed by atoms with Crippen molar-refractivity contribution < 1.29 is 18.0 Å². The van der Waals surface area contributed by atoms with Gasteiger partial charge in [0.1, 0.15) is 0 Å². The second-order valence-corrected chi connectivity index (χ2v) is 5.00.